The van der Waals surface area contributed by atoms with Crippen LogP contribution in [0, 0.1) is 11.8 Å². The summed E-state index contributed by atoms with van der Waals surface area (Å²) in [5.41, 5.74) is 0. The van der Waals surface area contributed by atoms with Crippen LogP contribution in [-0.4, -0.2) is 24.5 Å². The van der Waals surface area contributed by atoms with E-state index in [1.54, 1.807) is 0 Å². The van der Waals surface area contributed by atoms with Gasteiger partial charge in [-0.05, 0) is 57.9 Å². The summed E-state index contributed by atoms with van der Waals surface area (Å²) in [5.74, 6) is 1.45. The number of halogens is 1. The number of hydrogen-bond donors (Lipinski definition) is 2. The van der Waals surface area contributed by atoms with Crippen LogP contribution in [0.3, 0.4) is 0 Å². The predicted octanol–water partition coefficient (Wildman–Crippen LogP) is 2.88. The summed E-state index contributed by atoms with van der Waals surface area (Å²) in [5, 5.41) is 6.69. The topological polar surface area (TPSA) is 41.1 Å². The van der Waals surface area contributed by atoms with Crippen molar-refractivity contribution in [1.29, 1.82) is 0 Å². The van der Waals surface area contributed by atoms with E-state index in [4.69, 9.17) is 0 Å². The van der Waals surface area contributed by atoms with Crippen LogP contribution in [0.4, 0.5) is 0 Å². The molecule has 1 heterocycles. The van der Waals surface area contributed by atoms with E-state index in [-0.39, 0.29) is 18.3 Å². The van der Waals surface area contributed by atoms with Gasteiger partial charge in [0.1, 0.15) is 0 Å². The second kappa shape index (κ2) is 8.11. The van der Waals surface area contributed by atoms with Crippen LogP contribution in [0.5, 0.6) is 0 Å². The van der Waals surface area contributed by atoms with Crippen molar-refractivity contribution >= 4 is 18.3 Å². The van der Waals surface area contributed by atoms with E-state index in [9.17, 15) is 4.79 Å². The van der Waals surface area contributed by atoms with Crippen molar-refractivity contribution in [3.8, 4) is 0 Å². The number of amides is 1. The van der Waals surface area contributed by atoms with Gasteiger partial charge in [-0.25, -0.2) is 0 Å². The van der Waals surface area contributed by atoms with Gasteiger partial charge in [-0.15, -0.1) is 12.4 Å². The maximum atomic E-state index is 12.2. The standard InChI is InChI=1S/C15H28N2O.ClH/c1-3-12-4-6-14(7-5-12)17-15(18)13-8-9-16-11(2)10-13;/h11-14,16H,3-10H2,1-2H3,(H,17,18);1H/t11-,12?,13-,14?;/m0./s1. The molecule has 1 saturated carbocycles. The molecule has 1 aliphatic carbocycles. The molecule has 0 aromatic heterocycles. The lowest BCUT2D eigenvalue weighted by atomic mass is 9.84. The molecule has 2 aliphatic rings. The van der Waals surface area contributed by atoms with Crippen molar-refractivity contribution in [3.05, 3.63) is 0 Å². The molecular formula is C15H29ClN2O. The Morgan fingerprint density at radius 2 is 1.89 bits per heavy atom. The van der Waals surface area contributed by atoms with E-state index in [1.165, 1.54) is 32.1 Å². The first kappa shape index (κ1) is 16.8. The molecule has 0 bridgehead atoms. The highest BCUT2D eigenvalue weighted by Gasteiger charge is 2.27. The normalized spacial score (nSPS) is 35.3. The van der Waals surface area contributed by atoms with E-state index in [1.807, 2.05) is 0 Å². The number of carbonyl (C=O) groups excluding carboxylic acids is 1. The van der Waals surface area contributed by atoms with Crippen LogP contribution in [0.25, 0.3) is 0 Å². The van der Waals surface area contributed by atoms with Gasteiger partial charge in [0, 0.05) is 18.0 Å². The minimum Gasteiger partial charge on any atom is -0.353 e. The van der Waals surface area contributed by atoms with E-state index in [0.717, 1.165) is 25.3 Å². The van der Waals surface area contributed by atoms with Crippen LogP contribution >= 0.6 is 12.4 Å². The Labute approximate surface area is 123 Å². The fourth-order valence-electron chi connectivity index (χ4n) is 3.40. The van der Waals surface area contributed by atoms with Gasteiger partial charge in [-0.2, -0.15) is 0 Å². The zero-order valence-electron chi connectivity index (χ0n) is 12.3. The Morgan fingerprint density at radius 1 is 1.21 bits per heavy atom. The Balaban J connectivity index is 0.00000180. The third-order valence-electron chi connectivity index (χ3n) is 4.76. The van der Waals surface area contributed by atoms with Gasteiger partial charge in [0.25, 0.3) is 0 Å². The van der Waals surface area contributed by atoms with Gasteiger partial charge in [-0.1, -0.05) is 13.3 Å². The fraction of sp³-hybridized carbons (Fsp3) is 0.933. The summed E-state index contributed by atoms with van der Waals surface area (Å²) in [7, 11) is 0. The van der Waals surface area contributed by atoms with Gasteiger partial charge in [0.15, 0.2) is 0 Å². The van der Waals surface area contributed by atoms with Crippen molar-refractivity contribution in [1.82, 2.24) is 10.6 Å². The van der Waals surface area contributed by atoms with Gasteiger partial charge >= 0.3 is 0 Å². The number of hydrogen-bond acceptors (Lipinski definition) is 2. The quantitative estimate of drug-likeness (QED) is 0.838. The van der Waals surface area contributed by atoms with Crippen molar-refractivity contribution in [2.45, 2.75) is 70.9 Å². The van der Waals surface area contributed by atoms with Gasteiger partial charge in [-0.3, -0.25) is 4.79 Å². The minimum atomic E-state index is 0. The van der Waals surface area contributed by atoms with Crippen LogP contribution in [-0.2, 0) is 4.79 Å². The molecule has 0 radical (unpaired) electrons. The molecular weight excluding hydrogens is 260 g/mol. The lowest BCUT2D eigenvalue weighted by Crippen LogP contribution is -2.46. The Kier molecular flexibility index (Phi) is 7.16. The first-order valence-corrected chi connectivity index (χ1v) is 7.72. The smallest absolute Gasteiger partial charge is 0.223 e. The highest BCUT2D eigenvalue weighted by atomic mass is 35.5. The summed E-state index contributed by atoms with van der Waals surface area (Å²) >= 11 is 0. The number of nitrogens with one attached hydrogen (secondary N) is 2. The molecule has 0 unspecified atom stereocenters. The molecule has 1 amide bonds. The van der Waals surface area contributed by atoms with E-state index < -0.39 is 0 Å². The Morgan fingerprint density at radius 3 is 2.47 bits per heavy atom. The SMILES string of the molecule is CCC1CCC(NC(=O)[C@H]2CCN[C@@H](C)C2)CC1.Cl. The third kappa shape index (κ3) is 4.96. The molecule has 1 saturated heterocycles. The van der Waals surface area contributed by atoms with Gasteiger partial charge in [0.2, 0.25) is 5.91 Å². The Bertz CT molecular complexity index is 277. The summed E-state index contributed by atoms with van der Waals surface area (Å²) in [6.07, 6.45) is 8.26. The molecule has 112 valence electrons. The average molecular weight is 289 g/mol. The fourth-order valence-corrected chi connectivity index (χ4v) is 3.40. The zero-order chi connectivity index (χ0) is 13.0. The highest BCUT2D eigenvalue weighted by Crippen LogP contribution is 2.27. The predicted molar refractivity (Wildman–Crippen MR) is 81.6 cm³/mol. The Hall–Kier alpha value is -0.280. The second-order valence-electron chi connectivity index (χ2n) is 6.21. The zero-order valence-corrected chi connectivity index (χ0v) is 13.1. The molecule has 2 N–H and O–H groups in total. The van der Waals surface area contributed by atoms with Crippen LogP contribution < -0.4 is 10.6 Å². The largest absolute Gasteiger partial charge is 0.353 e. The summed E-state index contributed by atoms with van der Waals surface area (Å²) in [4.78, 5) is 12.2. The number of piperidine rings is 1. The van der Waals surface area contributed by atoms with E-state index in [2.05, 4.69) is 24.5 Å². The monoisotopic (exact) mass is 288 g/mol. The number of rotatable bonds is 3. The van der Waals surface area contributed by atoms with E-state index in [0.29, 0.717) is 18.0 Å². The van der Waals surface area contributed by atoms with Crippen molar-refractivity contribution in [2.75, 3.05) is 6.54 Å². The average Bonchev–Trinajstić information content (AvgIpc) is 2.39. The molecule has 0 spiro atoms. The van der Waals surface area contributed by atoms with Crippen molar-refractivity contribution in [2.24, 2.45) is 11.8 Å². The van der Waals surface area contributed by atoms with Gasteiger partial charge in [0.05, 0.1) is 0 Å². The third-order valence-corrected chi connectivity index (χ3v) is 4.76. The maximum absolute atomic E-state index is 12.2. The summed E-state index contributed by atoms with van der Waals surface area (Å²) in [6.45, 7) is 5.44. The molecule has 1 aliphatic heterocycles. The maximum Gasteiger partial charge on any atom is 0.223 e. The molecule has 2 fully saturated rings. The van der Waals surface area contributed by atoms with Crippen molar-refractivity contribution in [3.63, 3.8) is 0 Å². The lowest BCUT2D eigenvalue weighted by Gasteiger charge is -2.32. The molecule has 19 heavy (non-hydrogen) atoms. The molecule has 2 atom stereocenters. The summed E-state index contributed by atoms with van der Waals surface area (Å²) in [6, 6.07) is 0.941. The molecule has 0 aromatic carbocycles. The molecule has 3 nitrogen and oxygen atoms in total. The molecule has 2 rings (SSSR count). The second-order valence-corrected chi connectivity index (χ2v) is 6.21. The number of carbonyl (C=O) groups is 1. The lowest BCUT2D eigenvalue weighted by molar-refractivity contribution is -0.127. The minimum absolute atomic E-state index is 0. The van der Waals surface area contributed by atoms with Crippen molar-refractivity contribution < 1.29 is 4.79 Å². The summed E-state index contributed by atoms with van der Waals surface area (Å²) < 4.78 is 0. The molecule has 0 aromatic rings. The van der Waals surface area contributed by atoms with E-state index >= 15 is 0 Å². The van der Waals surface area contributed by atoms with Gasteiger partial charge < -0.3 is 10.6 Å². The first-order chi connectivity index (χ1) is 8.69. The molecule has 4 heteroatoms. The first-order valence-electron chi connectivity index (χ1n) is 7.72. The highest BCUT2D eigenvalue weighted by molar-refractivity contribution is 5.85. The van der Waals surface area contributed by atoms with Crippen LogP contribution in [0.1, 0.15) is 58.8 Å². The van der Waals surface area contributed by atoms with Crippen LogP contribution in [0.2, 0.25) is 0 Å². The van der Waals surface area contributed by atoms with Crippen LogP contribution in [0.15, 0.2) is 0 Å².